The SMILES string of the molecule is CCCNS(=O)(=O)c1ccc(CCC(=O)Nc2ccc(F)c(F)c2)cc1. The van der Waals surface area contributed by atoms with Gasteiger partial charge in [-0.1, -0.05) is 19.1 Å². The molecule has 2 N–H and O–H groups in total. The molecule has 0 bridgehead atoms. The predicted octanol–water partition coefficient (Wildman–Crippen LogP) is 3.22. The molecule has 2 aromatic rings. The maximum Gasteiger partial charge on any atom is 0.240 e. The number of hydrogen-bond acceptors (Lipinski definition) is 3. The van der Waals surface area contributed by atoms with Crippen LogP contribution in [0.5, 0.6) is 0 Å². The average molecular weight is 382 g/mol. The summed E-state index contributed by atoms with van der Waals surface area (Å²) in [4.78, 5) is 12.1. The highest BCUT2D eigenvalue weighted by molar-refractivity contribution is 7.89. The van der Waals surface area contributed by atoms with Crippen molar-refractivity contribution in [2.75, 3.05) is 11.9 Å². The van der Waals surface area contributed by atoms with E-state index in [1.165, 1.54) is 18.2 Å². The Hall–Kier alpha value is -2.32. The van der Waals surface area contributed by atoms with Gasteiger partial charge in [-0.15, -0.1) is 0 Å². The Kier molecular flexibility index (Phi) is 6.82. The van der Waals surface area contributed by atoms with Gasteiger partial charge in [0.05, 0.1) is 4.90 Å². The molecule has 0 aliphatic rings. The van der Waals surface area contributed by atoms with E-state index < -0.39 is 21.7 Å². The lowest BCUT2D eigenvalue weighted by Crippen LogP contribution is -2.24. The molecule has 5 nitrogen and oxygen atoms in total. The molecule has 0 aromatic heterocycles. The third kappa shape index (κ3) is 5.60. The summed E-state index contributed by atoms with van der Waals surface area (Å²) in [6.07, 6.45) is 1.21. The first kappa shape index (κ1) is 20.0. The molecule has 0 spiro atoms. The van der Waals surface area contributed by atoms with E-state index in [9.17, 15) is 22.0 Å². The van der Waals surface area contributed by atoms with Crippen LogP contribution in [0.25, 0.3) is 0 Å². The summed E-state index contributed by atoms with van der Waals surface area (Å²) in [7, 11) is -3.51. The van der Waals surface area contributed by atoms with Crippen LogP contribution in [0.2, 0.25) is 0 Å². The standard InChI is InChI=1S/C18H20F2N2O3S/c1-2-11-21-26(24,25)15-7-3-13(4-8-15)5-10-18(23)22-14-6-9-16(19)17(20)12-14/h3-4,6-9,12,21H,2,5,10-11H2,1H3,(H,22,23). The fourth-order valence-corrected chi connectivity index (χ4v) is 3.34. The van der Waals surface area contributed by atoms with Gasteiger partial charge in [0.1, 0.15) is 0 Å². The summed E-state index contributed by atoms with van der Waals surface area (Å²) in [6.45, 7) is 2.24. The minimum absolute atomic E-state index is 0.124. The molecule has 0 unspecified atom stereocenters. The van der Waals surface area contributed by atoms with Crippen LogP contribution >= 0.6 is 0 Å². The van der Waals surface area contributed by atoms with Gasteiger partial charge in [-0.2, -0.15) is 0 Å². The number of sulfonamides is 1. The van der Waals surface area contributed by atoms with Crippen LogP contribution in [0.15, 0.2) is 47.4 Å². The highest BCUT2D eigenvalue weighted by Crippen LogP contribution is 2.15. The van der Waals surface area contributed by atoms with E-state index in [2.05, 4.69) is 10.0 Å². The molecule has 1 amide bonds. The summed E-state index contributed by atoms with van der Waals surface area (Å²) < 4.78 is 52.4. The van der Waals surface area contributed by atoms with Crippen molar-refractivity contribution in [2.24, 2.45) is 0 Å². The molecule has 0 atom stereocenters. The first-order chi connectivity index (χ1) is 12.3. The number of rotatable bonds is 8. The van der Waals surface area contributed by atoms with Crippen molar-refractivity contribution in [3.05, 3.63) is 59.7 Å². The third-order valence-corrected chi connectivity index (χ3v) is 5.10. The van der Waals surface area contributed by atoms with Gasteiger partial charge in [0, 0.05) is 24.7 Å². The second-order valence-electron chi connectivity index (χ2n) is 5.72. The highest BCUT2D eigenvalue weighted by Gasteiger charge is 2.13. The Balaban J connectivity index is 1.91. The van der Waals surface area contributed by atoms with E-state index >= 15 is 0 Å². The summed E-state index contributed by atoms with van der Waals surface area (Å²) in [6, 6.07) is 9.39. The summed E-state index contributed by atoms with van der Waals surface area (Å²) >= 11 is 0. The first-order valence-corrected chi connectivity index (χ1v) is 9.63. The monoisotopic (exact) mass is 382 g/mol. The molecule has 0 fully saturated rings. The van der Waals surface area contributed by atoms with E-state index in [1.807, 2.05) is 6.92 Å². The van der Waals surface area contributed by atoms with Crippen molar-refractivity contribution in [1.82, 2.24) is 4.72 Å². The van der Waals surface area contributed by atoms with E-state index in [0.717, 1.165) is 17.7 Å². The number of carbonyl (C=O) groups excluding carboxylic acids is 1. The van der Waals surface area contributed by atoms with Crippen LogP contribution < -0.4 is 10.0 Å². The van der Waals surface area contributed by atoms with Crippen LogP contribution in [0.4, 0.5) is 14.5 Å². The van der Waals surface area contributed by atoms with Gasteiger partial charge in [0.2, 0.25) is 15.9 Å². The van der Waals surface area contributed by atoms with E-state index in [1.54, 1.807) is 12.1 Å². The number of anilines is 1. The number of aryl methyl sites for hydroxylation is 1. The topological polar surface area (TPSA) is 75.3 Å². The lowest BCUT2D eigenvalue weighted by atomic mass is 10.1. The molecule has 0 radical (unpaired) electrons. The maximum absolute atomic E-state index is 13.1. The molecule has 0 aliphatic heterocycles. The van der Waals surface area contributed by atoms with Crippen LogP contribution in [0, 0.1) is 11.6 Å². The molecule has 8 heteroatoms. The first-order valence-electron chi connectivity index (χ1n) is 8.15. The van der Waals surface area contributed by atoms with Gasteiger partial charge in [-0.3, -0.25) is 4.79 Å². The minimum atomic E-state index is -3.51. The van der Waals surface area contributed by atoms with Crippen molar-refractivity contribution in [2.45, 2.75) is 31.1 Å². The fraction of sp³-hybridized carbons (Fsp3) is 0.278. The Morgan fingerprint density at radius 2 is 1.73 bits per heavy atom. The smallest absolute Gasteiger partial charge is 0.240 e. The third-order valence-electron chi connectivity index (χ3n) is 3.62. The largest absolute Gasteiger partial charge is 0.326 e. The van der Waals surface area contributed by atoms with Gasteiger partial charge in [0.15, 0.2) is 11.6 Å². The second-order valence-corrected chi connectivity index (χ2v) is 7.49. The molecule has 26 heavy (non-hydrogen) atoms. The van der Waals surface area contributed by atoms with E-state index in [-0.39, 0.29) is 22.9 Å². The minimum Gasteiger partial charge on any atom is -0.326 e. The van der Waals surface area contributed by atoms with E-state index in [0.29, 0.717) is 19.4 Å². The van der Waals surface area contributed by atoms with Gasteiger partial charge in [-0.05, 0) is 42.7 Å². The van der Waals surface area contributed by atoms with Gasteiger partial charge in [0.25, 0.3) is 0 Å². The number of amides is 1. The highest BCUT2D eigenvalue weighted by atomic mass is 32.2. The Morgan fingerprint density at radius 3 is 2.35 bits per heavy atom. The second kappa shape index (κ2) is 8.86. The fourth-order valence-electron chi connectivity index (χ4n) is 2.21. The molecule has 2 aromatic carbocycles. The molecule has 0 aliphatic carbocycles. The Labute approximate surface area is 151 Å². The van der Waals surface area contributed by atoms with Crippen LogP contribution in [-0.2, 0) is 21.2 Å². The zero-order valence-corrected chi connectivity index (χ0v) is 15.1. The lowest BCUT2D eigenvalue weighted by molar-refractivity contribution is -0.116. The summed E-state index contributed by atoms with van der Waals surface area (Å²) in [5, 5.41) is 2.49. The van der Waals surface area contributed by atoms with Crippen LogP contribution in [0.1, 0.15) is 25.3 Å². The molecule has 0 saturated heterocycles. The number of benzene rings is 2. The number of carbonyl (C=O) groups is 1. The van der Waals surface area contributed by atoms with Crippen LogP contribution in [-0.4, -0.2) is 20.9 Å². The molecular weight excluding hydrogens is 362 g/mol. The lowest BCUT2D eigenvalue weighted by Gasteiger charge is -2.08. The number of nitrogens with one attached hydrogen (secondary N) is 2. The van der Waals surface area contributed by atoms with Crippen molar-refractivity contribution in [3.63, 3.8) is 0 Å². The van der Waals surface area contributed by atoms with Gasteiger partial charge < -0.3 is 5.32 Å². The molecule has 140 valence electrons. The summed E-state index contributed by atoms with van der Waals surface area (Å²) in [5.74, 6) is -2.36. The van der Waals surface area contributed by atoms with Crippen molar-refractivity contribution >= 4 is 21.6 Å². The molecular formula is C18H20F2N2O3S. The molecule has 0 saturated carbocycles. The van der Waals surface area contributed by atoms with E-state index in [4.69, 9.17) is 0 Å². The van der Waals surface area contributed by atoms with Gasteiger partial charge >= 0.3 is 0 Å². The number of halogens is 2. The molecule has 2 rings (SSSR count). The Bertz CT molecular complexity index is 869. The predicted molar refractivity (Wildman–Crippen MR) is 95.2 cm³/mol. The average Bonchev–Trinajstić information content (AvgIpc) is 2.62. The quantitative estimate of drug-likeness (QED) is 0.736. The van der Waals surface area contributed by atoms with Gasteiger partial charge in [-0.25, -0.2) is 21.9 Å². The van der Waals surface area contributed by atoms with Crippen LogP contribution in [0.3, 0.4) is 0 Å². The number of hydrogen-bond donors (Lipinski definition) is 2. The zero-order valence-electron chi connectivity index (χ0n) is 14.3. The van der Waals surface area contributed by atoms with Crippen molar-refractivity contribution < 1.29 is 22.0 Å². The van der Waals surface area contributed by atoms with Crippen molar-refractivity contribution in [1.29, 1.82) is 0 Å². The van der Waals surface area contributed by atoms with Crippen molar-refractivity contribution in [3.8, 4) is 0 Å². The molecule has 0 heterocycles. The zero-order chi connectivity index (χ0) is 19.2. The summed E-state index contributed by atoms with van der Waals surface area (Å²) in [5.41, 5.74) is 0.970. The maximum atomic E-state index is 13.1. The Morgan fingerprint density at radius 1 is 1.04 bits per heavy atom. The normalized spacial score (nSPS) is 11.3.